The van der Waals surface area contributed by atoms with E-state index < -0.39 is 6.04 Å². The number of furan rings is 1. The summed E-state index contributed by atoms with van der Waals surface area (Å²) in [5, 5.41) is 2.69. The van der Waals surface area contributed by atoms with Crippen LogP contribution in [0.2, 0.25) is 0 Å². The Bertz CT molecular complexity index is 688. The first-order valence-corrected chi connectivity index (χ1v) is 7.66. The van der Waals surface area contributed by atoms with E-state index in [-0.39, 0.29) is 23.6 Å². The lowest BCUT2D eigenvalue weighted by Crippen LogP contribution is -2.47. The Morgan fingerprint density at radius 1 is 1.52 bits per heavy atom. The Morgan fingerprint density at radius 3 is 2.87 bits per heavy atom. The average molecular weight is 316 g/mol. The fraction of sp³-hybridized carbons (Fsp3) is 0.438. The highest BCUT2D eigenvalue weighted by molar-refractivity contribution is 5.95. The molecule has 23 heavy (non-hydrogen) atoms. The van der Waals surface area contributed by atoms with E-state index in [4.69, 9.17) is 4.42 Å². The van der Waals surface area contributed by atoms with Crippen LogP contribution in [-0.2, 0) is 18.4 Å². The predicted octanol–water partition coefficient (Wildman–Crippen LogP) is 1.32. The molecule has 2 aromatic heterocycles. The van der Waals surface area contributed by atoms with Crippen LogP contribution in [0.1, 0.15) is 36.0 Å². The van der Waals surface area contributed by atoms with Gasteiger partial charge in [0, 0.05) is 19.3 Å². The molecule has 1 N–H and O–H groups in total. The normalized spacial score (nSPS) is 15.2. The highest BCUT2D eigenvalue weighted by Gasteiger charge is 2.35. The molecule has 0 unspecified atom stereocenters. The molecule has 2 heterocycles. The van der Waals surface area contributed by atoms with E-state index >= 15 is 0 Å². The SMILES string of the molecule is C[C@H](NC(=O)c1ccco1)C(=O)N(Cc1cncn1C)C1CC1. The molecule has 0 spiro atoms. The lowest BCUT2D eigenvalue weighted by Gasteiger charge is -2.26. The van der Waals surface area contributed by atoms with Gasteiger partial charge in [-0.25, -0.2) is 4.98 Å². The van der Waals surface area contributed by atoms with Crippen molar-refractivity contribution in [1.82, 2.24) is 19.8 Å². The molecule has 2 amide bonds. The number of nitrogens with one attached hydrogen (secondary N) is 1. The summed E-state index contributed by atoms with van der Waals surface area (Å²) in [6, 6.07) is 2.85. The number of imidazole rings is 1. The summed E-state index contributed by atoms with van der Waals surface area (Å²) in [5.41, 5.74) is 0.967. The van der Waals surface area contributed by atoms with E-state index in [0.29, 0.717) is 6.54 Å². The van der Waals surface area contributed by atoms with Crippen molar-refractivity contribution >= 4 is 11.8 Å². The van der Waals surface area contributed by atoms with Gasteiger partial charge >= 0.3 is 0 Å². The number of rotatable bonds is 6. The van der Waals surface area contributed by atoms with Crippen LogP contribution in [0.5, 0.6) is 0 Å². The van der Waals surface area contributed by atoms with Gasteiger partial charge in [-0.15, -0.1) is 0 Å². The highest BCUT2D eigenvalue weighted by Crippen LogP contribution is 2.28. The zero-order valence-electron chi connectivity index (χ0n) is 13.2. The zero-order chi connectivity index (χ0) is 16.4. The summed E-state index contributed by atoms with van der Waals surface area (Å²) >= 11 is 0. The Balaban J connectivity index is 1.66. The van der Waals surface area contributed by atoms with Gasteiger partial charge in [0.15, 0.2) is 5.76 Å². The first-order valence-electron chi connectivity index (χ1n) is 7.66. The molecule has 1 aliphatic rings. The van der Waals surface area contributed by atoms with E-state index in [1.54, 1.807) is 31.6 Å². The first-order chi connectivity index (χ1) is 11.1. The summed E-state index contributed by atoms with van der Waals surface area (Å²) in [6.07, 6.45) is 6.91. The van der Waals surface area contributed by atoms with Crippen molar-refractivity contribution in [2.45, 2.75) is 38.4 Å². The van der Waals surface area contributed by atoms with Gasteiger partial charge < -0.3 is 19.2 Å². The van der Waals surface area contributed by atoms with E-state index in [1.807, 2.05) is 16.5 Å². The molecule has 7 nitrogen and oxygen atoms in total. The minimum atomic E-state index is -0.610. The molecule has 1 aliphatic carbocycles. The Labute approximate surface area is 134 Å². The van der Waals surface area contributed by atoms with Crippen molar-refractivity contribution < 1.29 is 14.0 Å². The van der Waals surface area contributed by atoms with Gasteiger partial charge in [0.2, 0.25) is 5.91 Å². The van der Waals surface area contributed by atoms with Crippen LogP contribution >= 0.6 is 0 Å². The second-order valence-electron chi connectivity index (χ2n) is 5.87. The maximum atomic E-state index is 12.7. The van der Waals surface area contributed by atoms with Crippen molar-refractivity contribution in [2.24, 2.45) is 7.05 Å². The second kappa shape index (κ2) is 6.28. The fourth-order valence-corrected chi connectivity index (χ4v) is 2.47. The molecule has 3 rings (SSSR count). The largest absolute Gasteiger partial charge is 0.459 e. The van der Waals surface area contributed by atoms with Crippen LogP contribution in [0.15, 0.2) is 35.3 Å². The maximum absolute atomic E-state index is 12.7. The molecule has 1 atom stereocenters. The van der Waals surface area contributed by atoms with Gasteiger partial charge in [0.1, 0.15) is 6.04 Å². The van der Waals surface area contributed by atoms with Gasteiger partial charge in [-0.1, -0.05) is 0 Å². The molecule has 122 valence electrons. The van der Waals surface area contributed by atoms with Crippen LogP contribution < -0.4 is 5.32 Å². The Kier molecular flexibility index (Phi) is 4.18. The van der Waals surface area contributed by atoms with Crippen LogP contribution in [0.3, 0.4) is 0 Å². The van der Waals surface area contributed by atoms with E-state index in [1.165, 1.54) is 6.26 Å². The van der Waals surface area contributed by atoms with Crippen molar-refractivity contribution in [1.29, 1.82) is 0 Å². The molecular weight excluding hydrogens is 296 g/mol. The van der Waals surface area contributed by atoms with E-state index in [9.17, 15) is 9.59 Å². The third kappa shape index (κ3) is 3.44. The van der Waals surface area contributed by atoms with Gasteiger partial charge in [0.05, 0.1) is 24.8 Å². The quantitative estimate of drug-likeness (QED) is 0.871. The third-order valence-electron chi connectivity index (χ3n) is 3.98. The number of aryl methyl sites for hydroxylation is 1. The summed E-state index contributed by atoms with van der Waals surface area (Å²) in [4.78, 5) is 30.6. The fourth-order valence-electron chi connectivity index (χ4n) is 2.47. The monoisotopic (exact) mass is 316 g/mol. The van der Waals surface area contributed by atoms with Gasteiger partial charge in [0.25, 0.3) is 5.91 Å². The number of carbonyl (C=O) groups excluding carboxylic acids is 2. The van der Waals surface area contributed by atoms with Crippen LogP contribution in [-0.4, -0.2) is 38.3 Å². The minimum absolute atomic E-state index is 0.0893. The van der Waals surface area contributed by atoms with E-state index in [2.05, 4.69) is 10.3 Å². The Hall–Kier alpha value is -2.57. The summed E-state index contributed by atoms with van der Waals surface area (Å²) in [6.45, 7) is 2.20. The molecule has 1 saturated carbocycles. The molecule has 0 radical (unpaired) electrons. The van der Waals surface area contributed by atoms with Crippen LogP contribution in [0.4, 0.5) is 0 Å². The standard InChI is InChI=1S/C16H20N4O3/c1-11(18-15(21)14-4-3-7-23-14)16(22)20(12-5-6-12)9-13-8-17-10-19(13)2/h3-4,7-8,10-12H,5-6,9H2,1-2H3,(H,18,21)/t11-/m0/s1. The minimum Gasteiger partial charge on any atom is -0.459 e. The van der Waals surface area contributed by atoms with Crippen molar-refractivity contribution in [2.75, 3.05) is 0 Å². The smallest absolute Gasteiger partial charge is 0.287 e. The molecular formula is C16H20N4O3. The molecule has 0 aromatic carbocycles. The number of amides is 2. The zero-order valence-corrected chi connectivity index (χ0v) is 13.2. The lowest BCUT2D eigenvalue weighted by atomic mass is 10.2. The van der Waals surface area contributed by atoms with Gasteiger partial charge in [-0.3, -0.25) is 9.59 Å². The molecule has 0 aliphatic heterocycles. The predicted molar refractivity (Wildman–Crippen MR) is 82.4 cm³/mol. The topological polar surface area (TPSA) is 80.4 Å². The third-order valence-corrected chi connectivity index (χ3v) is 3.98. The summed E-state index contributed by atoms with van der Waals surface area (Å²) in [7, 11) is 1.90. The number of hydrogen-bond donors (Lipinski definition) is 1. The second-order valence-corrected chi connectivity index (χ2v) is 5.87. The number of aromatic nitrogens is 2. The maximum Gasteiger partial charge on any atom is 0.287 e. The highest BCUT2D eigenvalue weighted by atomic mass is 16.3. The lowest BCUT2D eigenvalue weighted by molar-refractivity contribution is -0.134. The average Bonchev–Trinajstić information content (AvgIpc) is 3.06. The number of hydrogen-bond acceptors (Lipinski definition) is 4. The van der Waals surface area contributed by atoms with Crippen LogP contribution in [0.25, 0.3) is 0 Å². The van der Waals surface area contributed by atoms with Gasteiger partial charge in [-0.05, 0) is 31.9 Å². The molecule has 7 heteroatoms. The molecule has 2 aromatic rings. The van der Waals surface area contributed by atoms with E-state index in [0.717, 1.165) is 18.5 Å². The van der Waals surface area contributed by atoms with Gasteiger partial charge in [-0.2, -0.15) is 0 Å². The Morgan fingerprint density at radius 2 is 2.30 bits per heavy atom. The van der Waals surface area contributed by atoms with Crippen molar-refractivity contribution in [3.8, 4) is 0 Å². The molecule has 0 bridgehead atoms. The first kappa shape index (κ1) is 15.3. The van der Waals surface area contributed by atoms with Crippen molar-refractivity contribution in [3.05, 3.63) is 42.4 Å². The van der Waals surface area contributed by atoms with Crippen molar-refractivity contribution in [3.63, 3.8) is 0 Å². The van der Waals surface area contributed by atoms with Crippen LogP contribution in [0, 0.1) is 0 Å². The molecule has 1 fully saturated rings. The number of nitrogens with zero attached hydrogens (tertiary/aromatic N) is 3. The summed E-state index contributed by atoms with van der Waals surface area (Å²) < 4.78 is 6.95. The summed E-state index contributed by atoms with van der Waals surface area (Å²) in [5.74, 6) is -0.269. The number of carbonyl (C=O) groups is 2. The molecule has 0 saturated heterocycles.